The molecule has 0 saturated heterocycles. The summed E-state index contributed by atoms with van der Waals surface area (Å²) in [6.07, 6.45) is 2.84. The molecule has 1 rings (SSSR count). The molecule has 0 aromatic rings. The predicted octanol–water partition coefficient (Wildman–Crippen LogP) is 0.831. The molecule has 2 unspecified atom stereocenters. The molecule has 1 aliphatic carbocycles. The second-order valence-corrected chi connectivity index (χ2v) is 3.48. The van der Waals surface area contributed by atoms with Crippen LogP contribution in [0.1, 0.15) is 26.2 Å². The van der Waals surface area contributed by atoms with E-state index in [1.807, 2.05) is 6.92 Å². The summed E-state index contributed by atoms with van der Waals surface area (Å²) >= 11 is 0. The van der Waals surface area contributed by atoms with E-state index in [4.69, 9.17) is 10.00 Å². The molecule has 0 bridgehead atoms. The van der Waals surface area contributed by atoms with Crippen LogP contribution in [0.2, 0.25) is 0 Å². The SMILES string of the molecule is CCOCC(=O)NC1CCCC1C#N. The molecule has 0 aliphatic heterocycles. The van der Waals surface area contributed by atoms with Crippen molar-refractivity contribution in [1.82, 2.24) is 5.32 Å². The molecule has 78 valence electrons. The van der Waals surface area contributed by atoms with Crippen LogP contribution in [0.25, 0.3) is 0 Å². The Kier molecular flexibility index (Phi) is 4.41. The quantitative estimate of drug-likeness (QED) is 0.724. The maximum absolute atomic E-state index is 11.3. The van der Waals surface area contributed by atoms with Crippen LogP contribution in [0, 0.1) is 17.2 Å². The van der Waals surface area contributed by atoms with Gasteiger partial charge in [-0.3, -0.25) is 4.79 Å². The normalized spacial score (nSPS) is 25.7. The molecule has 14 heavy (non-hydrogen) atoms. The van der Waals surface area contributed by atoms with Gasteiger partial charge in [0.1, 0.15) is 6.61 Å². The van der Waals surface area contributed by atoms with E-state index in [0.29, 0.717) is 6.61 Å². The number of carbonyl (C=O) groups excluding carboxylic acids is 1. The van der Waals surface area contributed by atoms with Gasteiger partial charge in [-0.2, -0.15) is 5.26 Å². The molecule has 0 aromatic heterocycles. The van der Waals surface area contributed by atoms with Gasteiger partial charge < -0.3 is 10.1 Å². The van der Waals surface area contributed by atoms with Crippen LogP contribution in [0.15, 0.2) is 0 Å². The summed E-state index contributed by atoms with van der Waals surface area (Å²) < 4.78 is 4.98. The Balaban J connectivity index is 2.29. The van der Waals surface area contributed by atoms with Gasteiger partial charge in [-0.05, 0) is 26.2 Å². The number of hydrogen-bond donors (Lipinski definition) is 1. The monoisotopic (exact) mass is 196 g/mol. The molecular formula is C10H16N2O2. The summed E-state index contributed by atoms with van der Waals surface area (Å²) in [6, 6.07) is 2.26. The van der Waals surface area contributed by atoms with Gasteiger partial charge in [0, 0.05) is 12.6 Å². The van der Waals surface area contributed by atoms with E-state index in [1.54, 1.807) is 0 Å². The van der Waals surface area contributed by atoms with E-state index in [1.165, 1.54) is 0 Å². The molecule has 1 saturated carbocycles. The Morgan fingerprint density at radius 3 is 3.07 bits per heavy atom. The van der Waals surface area contributed by atoms with Gasteiger partial charge >= 0.3 is 0 Å². The van der Waals surface area contributed by atoms with Crippen molar-refractivity contribution in [2.75, 3.05) is 13.2 Å². The second-order valence-electron chi connectivity index (χ2n) is 3.48. The number of rotatable bonds is 4. The van der Waals surface area contributed by atoms with Crippen LogP contribution in [-0.2, 0) is 9.53 Å². The first-order valence-electron chi connectivity index (χ1n) is 5.04. The van der Waals surface area contributed by atoms with E-state index in [0.717, 1.165) is 19.3 Å². The van der Waals surface area contributed by atoms with Crippen molar-refractivity contribution in [2.45, 2.75) is 32.2 Å². The van der Waals surface area contributed by atoms with Gasteiger partial charge in [0.2, 0.25) is 5.91 Å². The van der Waals surface area contributed by atoms with Crippen molar-refractivity contribution in [3.8, 4) is 6.07 Å². The zero-order chi connectivity index (χ0) is 10.4. The van der Waals surface area contributed by atoms with Crippen LogP contribution in [0.3, 0.4) is 0 Å². The van der Waals surface area contributed by atoms with Gasteiger partial charge in [-0.15, -0.1) is 0 Å². The fourth-order valence-corrected chi connectivity index (χ4v) is 1.73. The highest BCUT2D eigenvalue weighted by atomic mass is 16.5. The highest BCUT2D eigenvalue weighted by Gasteiger charge is 2.28. The lowest BCUT2D eigenvalue weighted by molar-refractivity contribution is -0.126. The molecule has 0 spiro atoms. The summed E-state index contributed by atoms with van der Waals surface area (Å²) in [7, 11) is 0. The average Bonchev–Trinajstić information content (AvgIpc) is 2.62. The summed E-state index contributed by atoms with van der Waals surface area (Å²) in [6.45, 7) is 2.49. The minimum absolute atomic E-state index is 0.0134. The Hall–Kier alpha value is -1.08. The first-order valence-corrected chi connectivity index (χ1v) is 5.04. The summed E-state index contributed by atoms with van der Waals surface area (Å²) in [5, 5.41) is 11.6. The fraction of sp³-hybridized carbons (Fsp3) is 0.800. The van der Waals surface area contributed by atoms with Crippen molar-refractivity contribution in [1.29, 1.82) is 5.26 Å². The molecule has 1 amide bonds. The zero-order valence-corrected chi connectivity index (χ0v) is 8.45. The highest BCUT2D eigenvalue weighted by molar-refractivity contribution is 5.77. The standard InChI is InChI=1S/C10H16N2O2/c1-2-14-7-10(13)12-9-5-3-4-8(9)6-11/h8-9H,2-5,7H2,1H3,(H,12,13). The average molecular weight is 196 g/mol. The van der Waals surface area contributed by atoms with Crippen LogP contribution >= 0.6 is 0 Å². The zero-order valence-electron chi connectivity index (χ0n) is 8.45. The lowest BCUT2D eigenvalue weighted by Gasteiger charge is -2.15. The molecule has 2 atom stereocenters. The van der Waals surface area contributed by atoms with Crippen molar-refractivity contribution in [3.05, 3.63) is 0 Å². The minimum Gasteiger partial charge on any atom is -0.372 e. The van der Waals surface area contributed by atoms with Crippen molar-refractivity contribution < 1.29 is 9.53 Å². The van der Waals surface area contributed by atoms with E-state index < -0.39 is 0 Å². The van der Waals surface area contributed by atoms with Crippen molar-refractivity contribution in [3.63, 3.8) is 0 Å². The van der Waals surface area contributed by atoms with Crippen LogP contribution in [0.5, 0.6) is 0 Å². The number of nitrogens with one attached hydrogen (secondary N) is 1. The molecule has 1 fully saturated rings. The fourth-order valence-electron chi connectivity index (χ4n) is 1.73. The second kappa shape index (κ2) is 5.61. The van der Waals surface area contributed by atoms with E-state index in [2.05, 4.69) is 11.4 Å². The maximum atomic E-state index is 11.3. The number of nitrogens with zero attached hydrogens (tertiary/aromatic N) is 1. The molecule has 1 aliphatic rings. The number of hydrogen-bond acceptors (Lipinski definition) is 3. The molecule has 4 nitrogen and oxygen atoms in total. The number of carbonyl (C=O) groups is 1. The first-order chi connectivity index (χ1) is 6.77. The number of amides is 1. The van der Waals surface area contributed by atoms with Crippen molar-refractivity contribution in [2.24, 2.45) is 5.92 Å². The number of ether oxygens (including phenoxy) is 1. The summed E-state index contributed by atoms with van der Waals surface area (Å²) in [5.41, 5.74) is 0. The van der Waals surface area contributed by atoms with E-state index >= 15 is 0 Å². The minimum atomic E-state index is -0.112. The Morgan fingerprint density at radius 1 is 1.64 bits per heavy atom. The maximum Gasteiger partial charge on any atom is 0.246 e. The third kappa shape index (κ3) is 3.00. The van der Waals surface area contributed by atoms with Crippen LogP contribution in [-0.4, -0.2) is 25.2 Å². The Labute approximate surface area is 84.2 Å². The van der Waals surface area contributed by atoms with Gasteiger partial charge in [-0.25, -0.2) is 0 Å². The first kappa shape index (κ1) is 11.0. The molecule has 1 N–H and O–H groups in total. The molecule has 4 heteroatoms. The lowest BCUT2D eigenvalue weighted by Crippen LogP contribution is -2.39. The van der Waals surface area contributed by atoms with Gasteiger partial charge in [-0.1, -0.05) is 0 Å². The molecule has 0 aromatic carbocycles. The number of nitriles is 1. The Morgan fingerprint density at radius 2 is 2.43 bits per heavy atom. The van der Waals surface area contributed by atoms with Gasteiger partial charge in [0.05, 0.1) is 12.0 Å². The molecule has 0 radical (unpaired) electrons. The van der Waals surface area contributed by atoms with Gasteiger partial charge in [0.15, 0.2) is 0 Å². The van der Waals surface area contributed by atoms with Crippen molar-refractivity contribution >= 4 is 5.91 Å². The smallest absolute Gasteiger partial charge is 0.246 e. The van der Waals surface area contributed by atoms with Gasteiger partial charge in [0.25, 0.3) is 0 Å². The molecule has 0 heterocycles. The topological polar surface area (TPSA) is 62.1 Å². The van der Waals surface area contributed by atoms with Crippen LogP contribution < -0.4 is 5.32 Å². The Bertz CT molecular complexity index is 235. The summed E-state index contributed by atoms with van der Waals surface area (Å²) in [4.78, 5) is 11.3. The summed E-state index contributed by atoms with van der Waals surface area (Å²) in [5.74, 6) is -0.125. The lowest BCUT2D eigenvalue weighted by atomic mass is 10.1. The largest absolute Gasteiger partial charge is 0.372 e. The van der Waals surface area contributed by atoms with E-state index in [-0.39, 0.29) is 24.5 Å². The van der Waals surface area contributed by atoms with Crippen LogP contribution in [0.4, 0.5) is 0 Å². The molecular weight excluding hydrogens is 180 g/mol. The predicted molar refractivity (Wildman–Crippen MR) is 51.4 cm³/mol. The third-order valence-electron chi connectivity index (χ3n) is 2.47. The third-order valence-corrected chi connectivity index (χ3v) is 2.47. The van der Waals surface area contributed by atoms with E-state index in [9.17, 15) is 4.79 Å². The highest BCUT2D eigenvalue weighted by Crippen LogP contribution is 2.24.